The van der Waals surface area contributed by atoms with Gasteiger partial charge in [0, 0.05) is 28.6 Å². The van der Waals surface area contributed by atoms with Gasteiger partial charge < -0.3 is 0 Å². The summed E-state index contributed by atoms with van der Waals surface area (Å²) in [6, 6.07) is 13.3. The van der Waals surface area contributed by atoms with Crippen LogP contribution in [0.2, 0.25) is 5.02 Å². The lowest BCUT2D eigenvalue weighted by Gasteiger charge is -2.02. The summed E-state index contributed by atoms with van der Waals surface area (Å²) < 4.78 is 0. The quantitative estimate of drug-likeness (QED) is 0.482. The molecule has 3 rings (SSSR count). The normalized spacial score (nSPS) is 20.0. The highest BCUT2D eigenvalue weighted by molar-refractivity contribution is 6.30. The second-order valence-electron chi connectivity index (χ2n) is 5.17. The van der Waals surface area contributed by atoms with Crippen molar-refractivity contribution < 1.29 is 9.72 Å². The first-order valence-corrected chi connectivity index (χ1v) is 6.98. The van der Waals surface area contributed by atoms with Crippen LogP contribution >= 0.6 is 11.6 Å². The van der Waals surface area contributed by atoms with Gasteiger partial charge >= 0.3 is 0 Å². The summed E-state index contributed by atoms with van der Waals surface area (Å²) in [7, 11) is 0. The summed E-state index contributed by atoms with van der Waals surface area (Å²) in [5, 5.41) is 11.4. The molecule has 4 nitrogen and oxygen atoms in total. The smallest absolute Gasteiger partial charge is 0.269 e. The topological polar surface area (TPSA) is 60.2 Å². The molecule has 5 heteroatoms. The minimum atomic E-state index is -0.415. The highest BCUT2D eigenvalue weighted by Gasteiger charge is 2.44. The molecule has 106 valence electrons. The molecule has 0 amide bonds. The Morgan fingerprint density at radius 2 is 1.90 bits per heavy atom. The second-order valence-corrected chi connectivity index (χ2v) is 5.61. The van der Waals surface area contributed by atoms with Gasteiger partial charge in [0.2, 0.25) is 0 Å². The molecule has 1 aliphatic rings. The number of Topliss-reactive ketones (excluding diaryl/α,β-unsaturated/α-hetero) is 1. The molecule has 1 fully saturated rings. The molecule has 0 heterocycles. The fourth-order valence-electron chi connectivity index (χ4n) is 2.55. The number of rotatable bonds is 4. The highest BCUT2D eigenvalue weighted by Crippen LogP contribution is 2.49. The van der Waals surface area contributed by atoms with E-state index in [1.165, 1.54) is 6.07 Å². The number of ketones is 1. The zero-order chi connectivity index (χ0) is 15.0. The Labute approximate surface area is 126 Å². The van der Waals surface area contributed by atoms with Crippen LogP contribution in [0.4, 0.5) is 5.69 Å². The molecular weight excluding hydrogens is 290 g/mol. The van der Waals surface area contributed by atoms with E-state index in [-0.39, 0.29) is 23.3 Å². The van der Waals surface area contributed by atoms with Crippen molar-refractivity contribution in [2.75, 3.05) is 0 Å². The van der Waals surface area contributed by atoms with Gasteiger partial charge in [-0.2, -0.15) is 0 Å². The Morgan fingerprint density at radius 3 is 2.57 bits per heavy atom. The molecule has 0 N–H and O–H groups in total. The van der Waals surface area contributed by atoms with Gasteiger partial charge in [-0.05, 0) is 42.2 Å². The summed E-state index contributed by atoms with van der Waals surface area (Å²) in [5.74, 6) is 0.0597. The molecule has 2 aromatic carbocycles. The molecule has 1 aliphatic carbocycles. The maximum absolute atomic E-state index is 12.3. The van der Waals surface area contributed by atoms with Crippen LogP contribution in [-0.4, -0.2) is 10.7 Å². The number of hydrogen-bond donors (Lipinski definition) is 0. The minimum Gasteiger partial charge on any atom is -0.294 e. The fourth-order valence-corrected chi connectivity index (χ4v) is 2.68. The number of carbonyl (C=O) groups excluding carboxylic acids is 1. The van der Waals surface area contributed by atoms with Gasteiger partial charge in [0.1, 0.15) is 0 Å². The van der Waals surface area contributed by atoms with Gasteiger partial charge in [-0.25, -0.2) is 0 Å². The predicted molar refractivity (Wildman–Crippen MR) is 79.7 cm³/mol. The van der Waals surface area contributed by atoms with Crippen molar-refractivity contribution in [1.29, 1.82) is 0 Å². The van der Waals surface area contributed by atoms with Crippen LogP contribution in [0.5, 0.6) is 0 Å². The largest absolute Gasteiger partial charge is 0.294 e. The highest BCUT2D eigenvalue weighted by atomic mass is 35.5. The van der Waals surface area contributed by atoms with E-state index in [0.29, 0.717) is 10.6 Å². The third kappa shape index (κ3) is 2.81. The molecule has 2 atom stereocenters. The molecule has 0 saturated heterocycles. The number of nitro benzene ring substituents is 1. The third-order valence-electron chi connectivity index (χ3n) is 3.77. The molecule has 0 bridgehead atoms. The van der Waals surface area contributed by atoms with Crippen LogP contribution in [0.1, 0.15) is 28.3 Å². The SMILES string of the molecule is O=C(c1ccc(Cl)cc1)C1CC1c1cccc([N+](=O)[O-])c1. The third-order valence-corrected chi connectivity index (χ3v) is 4.02. The lowest BCUT2D eigenvalue weighted by Crippen LogP contribution is -2.03. The standard InChI is InChI=1S/C16H12ClNO3/c17-12-6-4-10(5-7-12)16(19)15-9-14(15)11-2-1-3-13(8-11)18(20)21/h1-8,14-15H,9H2. The first-order chi connectivity index (χ1) is 10.1. The van der Waals surface area contributed by atoms with Crippen LogP contribution in [0.25, 0.3) is 0 Å². The van der Waals surface area contributed by atoms with Crippen molar-refractivity contribution in [3.8, 4) is 0 Å². The lowest BCUT2D eigenvalue weighted by atomic mass is 10.0. The zero-order valence-electron chi connectivity index (χ0n) is 11.0. The monoisotopic (exact) mass is 301 g/mol. The van der Waals surface area contributed by atoms with Gasteiger partial charge in [0.15, 0.2) is 5.78 Å². The molecule has 2 aromatic rings. The summed E-state index contributed by atoms with van der Waals surface area (Å²) in [6.07, 6.45) is 0.739. The number of hydrogen-bond acceptors (Lipinski definition) is 3. The number of non-ortho nitro benzene ring substituents is 1. The minimum absolute atomic E-state index is 0.0668. The molecule has 21 heavy (non-hydrogen) atoms. The number of nitrogens with zero attached hydrogens (tertiary/aromatic N) is 1. The molecule has 0 radical (unpaired) electrons. The average molecular weight is 302 g/mol. The van der Waals surface area contributed by atoms with Crippen LogP contribution in [0.15, 0.2) is 48.5 Å². The first-order valence-electron chi connectivity index (χ1n) is 6.60. The number of halogens is 1. The molecule has 2 unspecified atom stereocenters. The Bertz CT molecular complexity index is 712. The van der Waals surface area contributed by atoms with Gasteiger partial charge in [0.25, 0.3) is 5.69 Å². The Hall–Kier alpha value is -2.20. The Balaban J connectivity index is 1.77. The van der Waals surface area contributed by atoms with Crippen LogP contribution in [-0.2, 0) is 0 Å². The fraction of sp³-hybridized carbons (Fsp3) is 0.188. The van der Waals surface area contributed by atoms with E-state index in [1.807, 2.05) is 6.07 Å². The Morgan fingerprint density at radius 1 is 1.19 bits per heavy atom. The molecule has 0 aliphatic heterocycles. The average Bonchev–Trinajstić information content (AvgIpc) is 3.28. The molecule has 0 spiro atoms. The van der Waals surface area contributed by atoms with E-state index in [9.17, 15) is 14.9 Å². The number of benzene rings is 2. The van der Waals surface area contributed by atoms with Crippen LogP contribution in [0.3, 0.4) is 0 Å². The van der Waals surface area contributed by atoms with Crippen molar-refractivity contribution in [3.05, 3.63) is 74.8 Å². The van der Waals surface area contributed by atoms with E-state index in [0.717, 1.165) is 12.0 Å². The summed E-state index contributed by atoms with van der Waals surface area (Å²) in [5.41, 5.74) is 1.56. The van der Waals surface area contributed by atoms with E-state index >= 15 is 0 Å². The van der Waals surface area contributed by atoms with Gasteiger partial charge in [0.05, 0.1) is 4.92 Å². The second kappa shape index (κ2) is 5.30. The maximum atomic E-state index is 12.3. The van der Waals surface area contributed by atoms with Gasteiger partial charge in [-0.1, -0.05) is 23.7 Å². The van der Waals surface area contributed by atoms with E-state index in [4.69, 9.17) is 11.6 Å². The number of nitro groups is 1. The summed E-state index contributed by atoms with van der Waals surface area (Å²) in [6.45, 7) is 0. The van der Waals surface area contributed by atoms with Crippen LogP contribution < -0.4 is 0 Å². The van der Waals surface area contributed by atoms with Crippen molar-refractivity contribution in [2.45, 2.75) is 12.3 Å². The van der Waals surface area contributed by atoms with E-state index in [2.05, 4.69) is 0 Å². The van der Waals surface area contributed by atoms with E-state index in [1.54, 1.807) is 36.4 Å². The molecule has 0 aromatic heterocycles. The van der Waals surface area contributed by atoms with Crippen molar-refractivity contribution in [2.24, 2.45) is 5.92 Å². The summed E-state index contributed by atoms with van der Waals surface area (Å²) in [4.78, 5) is 22.7. The zero-order valence-corrected chi connectivity index (χ0v) is 11.8. The van der Waals surface area contributed by atoms with Crippen molar-refractivity contribution >= 4 is 23.1 Å². The van der Waals surface area contributed by atoms with E-state index < -0.39 is 4.92 Å². The molecule has 1 saturated carbocycles. The molecular formula is C16H12ClNO3. The Kier molecular flexibility index (Phi) is 3.47. The lowest BCUT2D eigenvalue weighted by molar-refractivity contribution is -0.384. The predicted octanol–water partition coefficient (Wildman–Crippen LogP) is 4.23. The van der Waals surface area contributed by atoms with Crippen molar-refractivity contribution in [1.82, 2.24) is 0 Å². The van der Waals surface area contributed by atoms with Crippen molar-refractivity contribution in [3.63, 3.8) is 0 Å². The van der Waals surface area contributed by atoms with Crippen LogP contribution in [0, 0.1) is 16.0 Å². The van der Waals surface area contributed by atoms with Gasteiger partial charge in [-0.15, -0.1) is 0 Å². The summed E-state index contributed by atoms with van der Waals surface area (Å²) >= 11 is 5.81. The maximum Gasteiger partial charge on any atom is 0.269 e. The number of carbonyl (C=O) groups is 1. The van der Waals surface area contributed by atoms with Gasteiger partial charge in [-0.3, -0.25) is 14.9 Å². The first kappa shape index (κ1) is 13.8.